The number of rotatable bonds is 6. The molecule has 1 aromatic heterocycles. The van der Waals surface area contributed by atoms with Crippen LogP contribution in [0.25, 0.3) is 0 Å². The van der Waals surface area contributed by atoms with Gasteiger partial charge in [0.1, 0.15) is 21.3 Å². The molecule has 7 nitrogen and oxygen atoms in total. The van der Waals surface area contributed by atoms with Crippen LogP contribution in [-0.2, 0) is 10.0 Å². The van der Waals surface area contributed by atoms with Crippen LogP contribution in [0.1, 0.15) is 9.67 Å². The Morgan fingerprint density at radius 2 is 1.78 bits per heavy atom. The van der Waals surface area contributed by atoms with Gasteiger partial charge in [-0.2, -0.15) is 4.31 Å². The molecule has 4 rings (SSSR count). The zero-order valence-corrected chi connectivity index (χ0v) is 19.0. The summed E-state index contributed by atoms with van der Waals surface area (Å²) in [7, 11) is -2.24. The molecule has 32 heavy (non-hydrogen) atoms. The van der Waals surface area contributed by atoms with Gasteiger partial charge in [0, 0.05) is 37.6 Å². The maximum atomic E-state index is 13.4. The number of amides is 1. The van der Waals surface area contributed by atoms with Crippen molar-refractivity contribution in [3.8, 4) is 5.75 Å². The van der Waals surface area contributed by atoms with Crippen molar-refractivity contribution >= 4 is 38.6 Å². The number of nitrogens with zero attached hydrogens (tertiary/aromatic N) is 2. The summed E-state index contributed by atoms with van der Waals surface area (Å²) in [5.41, 5.74) is 1.26. The number of sulfonamides is 1. The normalized spacial score (nSPS) is 14.9. The van der Waals surface area contributed by atoms with Crippen molar-refractivity contribution in [2.75, 3.05) is 43.5 Å². The second-order valence-corrected chi connectivity index (χ2v) is 9.99. The summed E-state index contributed by atoms with van der Waals surface area (Å²) in [4.78, 5) is 14.9. The average Bonchev–Trinajstić information content (AvgIpc) is 3.30. The van der Waals surface area contributed by atoms with E-state index in [1.165, 1.54) is 28.6 Å². The summed E-state index contributed by atoms with van der Waals surface area (Å²) in [5.74, 6) is -0.311. The maximum absolute atomic E-state index is 13.4. The van der Waals surface area contributed by atoms with Gasteiger partial charge in [0.05, 0.1) is 7.11 Å². The molecule has 1 aliphatic heterocycles. The SMILES string of the molecule is COc1ccc(N2CCN(S(=O)(=O)c3ccsc3C(=O)Nc3cccc(F)c3)CC2)cc1. The molecular formula is C22H22FN3O4S2. The van der Waals surface area contributed by atoms with Crippen LogP contribution >= 0.6 is 11.3 Å². The highest BCUT2D eigenvalue weighted by molar-refractivity contribution is 7.89. The van der Waals surface area contributed by atoms with Crippen LogP contribution in [0.5, 0.6) is 5.75 Å². The number of anilines is 2. The Bertz CT molecular complexity index is 1200. The van der Waals surface area contributed by atoms with Gasteiger partial charge in [-0.25, -0.2) is 12.8 Å². The van der Waals surface area contributed by atoms with E-state index in [0.717, 1.165) is 22.8 Å². The number of piperazine rings is 1. The van der Waals surface area contributed by atoms with Crippen LogP contribution < -0.4 is 15.0 Å². The van der Waals surface area contributed by atoms with E-state index in [0.29, 0.717) is 26.2 Å². The number of benzene rings is 2. The lowest BCUT2D eigenvalue weighted by molar-refractivity contribution is 0.102. The number of hydrogen-bond acceptors (Lipinski definition) is 6. The molecule has 0 spiro atoms. The van der Waals surface area contributed by atoms with Crippen molar-refractivity contribution in [3.05, 3.63) is 70.7 Å². The summed E-state index contributed by atoms with van der Waals surface area (Å²) in [5, 5.41) is 4.14. The molecular weight excluding hydrogens is 453 g/mol. The van der Waals surface area contributed by atoms with E-state index < -0.39 is 21.7 Å². The van der Waals surface area contributed by atoms with Crippen LogP contribution in [0.15, 0.2) is 64.9 Å². The zero-order chi connectivity index (χ0) is 22.7. The summed E-state index contributed by atoms with van der Waals surface area (Å²) in [6.45, 7) is 1.66. The van der Waals surface area contributed by atoms with Gasteiger partial charge in [-0.1, -0.05) is 6.07 Å². The van der Waals surface area contributed by atoms with E-state index in [9.17, 15) is 17.6 Å². The number of carbonyl (C=O) groups is 1. The molecule has 0 atom stereocenters. The maximum Gasteiger partial charge on any atom is 0.267 e. The Morgan fingerprint density at radius 1 is 1.06 bits per heavy atom. The number of halogens is 1. The third kappa shape index (κ3) is 4.62. The third-order valence-corrected chi connectivity index (χ3v) is 8.20. The smallest absolute Gasteiger partial charge is 0.267 e. The van der Waals surface area contributed by atoms with Crippen LogP contribution in [0, 0.1) is 5.82 Å². The van der Waals surface area contributed by atoms with E-state index in [4.69, 9.17) is 4.74 Å². The molecule has 1 fully saturated rings. The molecule has 1 amide bonds. The molecule has 2 aromatic carbocycles. The first kappa shape index (κ1) is 22.3. The Hall–Kier alpha value is -2.95. The third-order valence-electron chi connectivity index (χ3n) is 5.21. The number of ether oxygens (including phenoxy) is 1. The molecule has 0 unspecified atom stereocenters. The highest BCUT2D eigenvalue weighted by Crippen LogP contribution is 2.28. The van der Waals surface area contributed by atoms with Crippen LogP contribution in [-0.4, -0.2) is 51.9 Å². The summed E-state index contributed by atoms with van der Waals surface area (Å²) in [6, 6.07) is 14.5. The van der Waals surface area contributed by atoms with E-state index >= 15 is 0 Å². The Balaban J connectivity index is 1.46. The van der Waals surface area contributed by atoms with Gasteiger partial charge in [0.15, 0.2) is 0 Å². The fourth-order valence-corrected chi connectivity index (χ4v) is 6.26. The second kappa shape index (κ2) is 9.27. The van der Waals surface area contributed by atoms with Crippen LogP contribution in [0.4, 0.5) is 15.8 Å². The minimum atomic E-state index is -3.85. The van der Waals surface area contributed by atoms with Crippen molar-refractivity contribution in [2.45, 2.75) is 4.90 Å². The molecule has 3 aromatic rings. The van der Waals surface area contributed by atoms with E-state index in [1.54, 1.807) is 18.6 Å². The lowest BCUT2D eigenvalue weighted by atomic mass is 10.2. The summed E-state index contributed by atoms with van der Waals surface area (Å²) < 4.78 is 46.5. The highest BCUT2D eigenvalue weighted by Gasteiger charge is 2.32. The largest absolute Gasteiger partial charge is 0.497 e. The van der Waals surface area contributed by atoms with Gasteiger partial charge in [-0.3, -0.25) is 4.79 Å². The number of methoxy groups -OCH3 is 1. The van der Waals surface area contributed by atoms with E-state index in [2.05, 4.69) is 10.2 Å². The van der Waals surface area contributed by atoms with Crippen LogP contribution in [0.2, 0.25) is 0 Å². The van der Waals surface area contributed by atoms with Gasteiger partial charge >= 0.3 is 0 Å². The second-order valence-electron chi connectivity index (χ2n) is 7.17. The lowest BCUT2D eigenvalue weighted by Crippen LogP contribution is -2.48. The minimum Gasteiger partial charge on any atom is -0.497 e. The number of carbonyl (C=O) groups excluding carboxylic acids is 1. The molecule has 1 N–H and O–H groups in total. The molecule has 0 bridgehead atoms. The van der Waals surface area contributed by atoms with Gasteiger partial charge in [-0.05, 0) is 53.9 Å². The predicted octanol–water partition coefficient (Wildman–Crippen LogP) is 3.66. The average molecular weight is 476 g/mol. The van der Waals surface area contributed by atoms with Crippen molar-refractivity contribution in [3.63, 3.8) is 0 Å². The molecule has 0 radical (unpaired) electrons. The van der Waals surface area contributed by atoms with Crippen molar-refractivity contribution < 1.29 is 22.3 Å². The molecule has 0 aliphatic carbocycles. The molecule has 2 heterocycles. The monoisotopic (exact) mass is 475 g/mol. The fourth-order valence-electron chi connectivity index (χ4n) is 3.54. The molecule has 1 aliphatic rings. The quantitative estimate of drug-likeness (QED) is 0.589. The first-order chi connectivity index (χ1) is 15.4. The standard InChI is InChI=1S/C22H22FN3O4S2/c1-30-19-7-5-18(6-8-19)25-10-12-26(13-11-25)32(28,29)20-9-14-31-21(20)22(27)24-17-4-2-3-16(23)15-17/h2-9,14-15H,10-13H2,1H3,(H,24,27). The molecule has 1 saturated heterocycles. The topological polar surface area (TPSA) is 79.0 Å². The fraction of sp³-hybridized carbons (Fsp3) is 0.227. The zero-order valence-electron chi connectivity index (χ0n) is 17.3. The summed E-state index contributed by atoms with van der Waals surface area (Å²) in [6.07, 6.45) is 0. The summed E-state index contributed by atoms with van der Waals surface area (Å²) >= 11 is 1.04. The van der Waals surface area contributed by atoms with Crippen molar-refractivity contribution in [1.29, 1.82) is 0 Å². The Labute approximate surface area is 190 Å². The molecule has 0 saturated carbocycles. The lowest BCUT2D eigenvalue weighted by Gasteiger charge is -2.35. The number of nitrogens with one attached hydrogen (secondary N) is 1. The van der Waals surface area contributed by atoms with Crippen LogP contribution in [0.3, 0.4) is 0 Å². The van der Waals surface area contributed by atoms with Gasteiger partial charge in [0.25, 0.3) is 5.91 Å². The van der Waals surface area contributed by atoms with Gasteiger partial charge in [0.2, 0.25) is 10.0 Å². The van der Waals surface area contributed by atoms with Gasteiger partial charge < -0.3 is 15.0 Å². The Morgan fingerprint density at radius 3 is 2.44 bits per heavy atom. The van der Waals surface area contributed by atoms with E-state index in [1.807, 2.05) is 24.3 Å². The Kier molecular flexibility index (Phi) is 6.45. The van der Waals surface area contributed by atoms with E-state index in [-0.39, 0.29) is 15.5 Å². The minimum absolute atomic E-state index is 0.0331. The highest BCUT2D eigenvalue weighted by atomic mass is 32.2. The molecule has 10 heteroatoms. The first-order valence-electron chi connectivity index (χ1n) is 9.92. The number of hydrogen-bond donors (Lipinski definition) is 1. The first-order valence-corrected chi connectivity index (χ1v) is 12.2. The van der Waals surface area contributed by atoms with Crippen molar-refractivity contribution in [1.82, 2.24) is 4.31 Å². The number of thiophene rings is 1. The molecule has 168 valence electrons. The van der Waals surface area contributed by atoms with Gasteiger partial charge in [-0.15, -0.1) is 11.3 Å². The van der Waals surface area contributed by atoms with Crippen molar-refractivity contribution in [2.24, 2.45) is 0 Å². The predicted molar refractivity (Wildman–Crippen MR) is 123 cm³/mol.